The third kappa shape index (κ3) is 3.44. The molecule has 2 N–H and O–H groups in total. The summed E-state index contributed by atoms with van der Waals surface area (Å²) < 4.78 is 0. The molecule has 1 fully saturated rings. The summed E-state index contributed by atoms with van der Waals surface area (Å²) in [5.41, 5.74) is -0.240. The van der Waals surface area contributed by atoms with Crippen LogP contribution in [-0.4, -0.2) is 42.7 Å². The number of nitrogens with one attached hydrogen (secondary N) is 1. The van der Waals surface area contributed by atoms with Gasteiger partial charge in [-0.3, -0.25) is 0 Å². The van der Waals surface area contributed by atoms with Crippen molar-refractivity contribution in [2.24, 2.45) is 0 Å². The van der Waals surface area contributed by atoms with Gasteiger partial charge in [0.15, 0.2) is 5.54 Å². The fraction of sp³-hybridized carbons (Fsp3) is 0.588. The van der Waals surface area contributed by atoms with Crippen LogP contribution in [0.15, 0.2) is 30.3 Å². The van der Waals surface area contributed by atoms with Gasteiger partial charge in [-0.15, -0.1) is 0 Å². The van der Waals surface area contributed by atoms with Crippen LogP contribution >= 0.6 is 0 Å². The van der Waals surface area contributed by atoms with Crippen LogP contribution in [0.2, 0.25) is 0 Å². The molecule has 1 unspecified atom stereocenters. The second-order valence-electron chi connectivity index (χ2n) is 6.03. The second-order valence-corrected chi connectivity index (χ2v) is 6.03. The van der Waals surface area contributed by atoms with Crippen LogP contribution < -0.4 is 5.32 Å². The fourth-order valence-electron chi connectivity index (χ4n) is 3.36. The molecule has 0 aromatic heterocycles. The molecular weight excluding hydrogens is 264 g/mol. The number of hydrogen-bond acceptors (Lipinski definition) is 3. The minimum absolute atomic E-state index is 0.480. The molecule has 0 amide bonds. The molecular formula is C17H26N2O2. The maximum Gasteiger partial charge on any atom is 0.329 e. The van der Waals surface area contributed by atoms with Gasteiger partial charge in [-0.25, -0.2) is 4.79 Å². The van der Waals surface area contributed by atoms with E-state index in [1.807, 2.05) is 37.4 Å². The molecule has 0 spiro atoms. The number of carboxylic acids is 1. The molecule has 4 heteroatoms. The van der Waals surface area contributed by atoms with Crippen molar-refractivity contribution in [1.82, 2.24) is 10.2 Å². The Balaban J connectivity index is 2.22. The van der Waals surface area contributed by atoms with E-state index in [9.17, 15) is 9.90 Å². The van der Waals surface area contributed by atoms with Crippen LogP contribution in [0.3, 0.4) is 0 Å². The van der Waals surface area contributed by atoms with Crippen molar-refractivity contribution in [3.05, 3.63) is 35.9 Å². The topological polar surface area (TPSA) is 52.6 Å². The monoisotopic (exact) mass is 290 g/mol. The summed E-state index contributed by atoms with van der Waals surface area (Å²) >= 11 is 0. The van der Waals surface area contributed by atoms with Gasteiger partial charge in [-0.1, -0.05) is 49.6 Å². The van der Waals surface area contributed by atoms with E-state index in [1.54, 1.807) is 7.05 Å². The first-order valence-corrected chi connectivity index (χ1v) is 7.78. The number of carbonyl (C=O) groups is 1. The predicted molar refractivity (Wildman–Crippen MR) is 84.3 cm³/mol. The first-order chi connectivity index (χ1) is 10.1. The zero-order valence-electron chi connectivity index (χ0n) is 13.0. The summed E-state index contributed by atoms with van der Waals surface area (Å²) in [6.45, 7) is 0.480. The van der Waals surface area contributed by atoms with Crippen LogP contribution in [0, 0.1) is 0 Å². The Hall–Kier alpha value is -1.39. The molecule has 1 aromatic rings. The highest BCUT2D eigenvalue weighted by Crippen LogP contribution is 2.27. The number of rotatable bonds is 6. The van der Waals surface area contributed by atoms with Gasteiger partial charge in [0.25, 0.3) is 0 Å². The number of aliphatic carboxylic acids is 1. The predicted octanol–water partition coefficient (Wildman–Crippen LogP) is 2.45. The average molecular weight is 290 g/mol. The molecule has 0 bridgehead atoms. The fourth-order valence-corrected chi connectivity index (χ4v) is 3.36. The first kappa shape index (κ1) is 16.0. The lowest BCUT2D eigenvalue weighted by atomic mass is 9.87. The van der Waals surface area contributed by atoms with E-state index in [1.165, 1.54) is 32.1 Å². The summed E-state index contributed by atoms with van der Waals surface area (Å²) in [6, 6.07) is 9.97. The SMILES string of the molecule is CNC(CN(C)C1CCCCC1)(C(=O)O)c1ccccc1. The number of nitrogens with zero attached hydrogens (tertiary/aromatic N) is 1. The number of benzene rings is 1. The van der Waals surface area contributed by atoms with Gasteiger partial charge >= 0.3 is 5.97 Å². The number of hydrogen-bond donors (Lipinski definition) is 2. The van der Waals surface area contributed by atoms with Crippen molar-refractivity contribution in [2.45, 2.75) is 43.7 Å². The highest BCUT2D eigenvalue weighted by molar-refractivity contribution is 5.81. The Morgan fingerprint density at radius 2 is 1.90 bits per heavy atom. The summed E-state index contributed by atoms with van der Waals surface area (Å²) in [4.78, 5) is 14.2. The van der Waals surface area contributed by atoms with Crippen molar-refractivity contribution in [2.75, 3.05) is 20.6 Å². The van der Waals surface area contributed by atoms with Crippen molar-refractivity contribution in [3.8, 4) is 0 Å². The van der Waals surface area contributed by atoms with E-state index in [2.05, 4.69) is 10.2 Å². The van der Waals surface area contributed by atoms with Crippen molar-refractivity contribution in [1.29, 1.82) is 0 Å². The van der Waals surface area contributed by atoms with Gasteiger partial charge in [0.2, 0.25) is 0 Å². The first-order valence-electron chi connectivity index (χ1n) is 7.78. The Morgan fingerprint density at radius 1 is 1.29 bits per heavy atom. The molecule has 0 aliphatic heterocycles. The van der Waals surface area contributed by atoms with Crippen LogP contribution in [0.5, 0.6) is 0 Å². The van der Waals surface area contributed by atoms with E-state index in [0.29, 0.717) is 12.6 Å². The smallest absolute Gasteiger partial charge is 0.329 e. The molecule has 1 aromatic carbocycles. The maximum atomic E-state index is 12.0. The molecule has 1 aliphatic carbocycles. The molecule has 116 valence electrons. The summed E-state index contributed by atoms with van der Waals surface area (Å²) in [6.07, 6.45) is 6.15. The van der Waals surface area contributed by atoms with Crippen molar-refractivity contribution < 1.29 is 9.90 Å². The lowest BCUT2D eigenvalue weighted by molar-refractivity contribution is -0.146. The van der Waals surface area contributed by atoms with Crippen molar-refractivity contribution >= 4 is 5.97 Å². The third-order valence-corrected chi connectivity index (χ3v) is 4.74. The van der Waals surface area contributed by atoms with Gasteiger partial charge in [0.05, 0.1) is 0 Å². The van der Waals surface area contributed by atoms with Gasteiger partial charge in [0, 0.05) is 12.6 Å². The molecule has 21 heavy (non-hydrogen) atoms. The van der Waals surface area contributed by atoms with Crippen LogP contribution in [0.25, 0.3) is 0 Å². The molecule has 0 saturated heterocycles. The Labute approximate surface area is 127 Å². The number of carboxylic acid groups (broad SMARTS) is 1. The Kier molecular flexibility index (Phi) is 5.37. The maximum absolute atomic E-state index is 12.0. The summed E-state index contributed by atoms with van der Waals surface area (Å²) in [7, 11) is 3.78. The van der Waals surface area contributed by atoms with E-state index in [4.69, 9.17) is 0 Å². The lowest BCUT2D eigenvalue weighted by Gasteiger charge is -2.38. The Morgan fingerprint density at radius 3 is 2.43 bits per heavy atom. The standard InChI is InChI=1S/C17H26N2O2/c1-18-17(16(20)21,14-9-5-3-6-10-14)13-19(2)15-11-7-4-8-12-15/h3,5-6,9-10,15,18H,4,7-8,11-13H2,1-2H3,(H,20,21). The minimum atomic E-state index is -1.05. The molecule has 1 saturated carbocycles. The van der Waals surface area contributed by atoms with Gasteiger partial charge in [-0.2, -0.15) is 0 Å². The minimum Gasteiger partial charge on any atom is -0.480 e. The molecule has 2 rings (SSSR count). The zero-order valence-corrected chi connectivity index (χ0v) is 13.0. The Bertz CT molecular complexity index is 457. The van der Waals surface area contributed by atoms with Gasteiger partial charge in [0.1, 0.15) is 0 Å². The van der Waals surface area contributed by atoms with E-state index >= 15 is 0 Å². The lowest BCUT2D eigenvalue weighted by Crippen LogP contribution is -2.56. The highest BCUT2D eigenvalue weighted by atomic mass is 16.4. The van der Waals surface area contributed by atoms with Crippen molar-refractivity contribution in [3.63, 3.8) is 0 Å². The average Bonchev–Trinajstić information content (AvgIpc) is 2.54. The molecule has 0 radical (unpaired) electrons. The quantitative estimate of drug-likeness (QED) is 0.845. The highest BCUT2D eigenvalue weighted by Gasteiger charge is 2.41. The normalized spacial score (nSPS) is 19.4. The molecule has 0 heterocycles. The van der Waals surface area contributed by atoms with E-state index < -0.39 is 11.5 Å². The summed E-state index contributed by atoms with van der Waals surface area (Å²) in [5.74, 6) is -0.821. The third-order valence-electron chi connectivity index (χ3n) is 4.74. The zero-order chi connectivity index (χ0) is 15.3. The van der Waals surface area contributed by atoms with Crippen LogP contribution in [0.1, 0.15) is 37.7 Å². The second kappa shape index (κ2) is 7.05. The largest absolute Gasteiger partial charge is 0.480 e. The molecule has 1 aliphatic rings. The van der Waals surface area contributed by atoms with E-state index in [-0.39, 0.29) is 0 Å². The van der Waals surface area contributed by atoms with Crippen LogP contribution in [-0.2, 0) is 10.3 Å². The molecule has 1 atom stereocenters. The van der Waals surface area contributed by atoms with Crippen LogP contribution in [0.4, 0.5) is 0 Å². The van der Waals surface area contributed by atoms with Gasteiger partial charge < -0.3 is 15.3 Å². The molecule has 4 nitrogen and oxygen atoms in total. The van der Waals surface area contributed by atoms with Gasteiger partial charge in [-0.05, 0) is 32.5 Å². The summed E-state index contributed by atoms with van der Waals surface area (Å²) in [5, 5.41) is 12.9. The van der Waals surface area contributed by atoms with E-state index in [0.717, 1.165) is 5.56 Å². The number of likely N-dealkylation sites (N-methyl/N-ethyl adjacent to an activating group) is 2.